The smallest absolute Gasteiger partial charge is 0.0720 e. The van der Waals surface area contributed by atoms with Crippen molar-refractivity contribution in [1.29, 1.82) is 0 Å². The van der Waals surface area contributed by atoms with Gasteiger partial charge in [-0.25, -0.2) is 0 Å². The molecule has 1 aromatic heterocycles. The second-order valence-electron chi connectivity index (χ2n) is 18.3. The molecule has 67 heavy (non-hydrogen) atoms. The fourth-order valence-corrected chi connectivity index (χ4v) is 12.2. The fourth-order valence-electron chi connectivity index (χ4n) is 12.2. The summed E-state index contributed by atoms with van der Waals surface area (Å²) in [5, 5.41) is 5.12. The summed E-state index contributed by atoms with van der Waals surface area (Å²) in [6.07, 6.45) is 0. The maximum absolute atomic E-state index is 2.50. The van der Waals surface area contributed by atoms with Gasteiger partial charge in [0.15, 0.2) is 0 Å². The maximum atomic E-state index is 2.50. The highest BCUT2D eigenvalue weighted by molar-refractivity contribution is 6.16. The Morgan fingerprint density at radius 1 is 0.328 bits per heavy atom. The molecule has 0 saturated heterocycles. The van der Waals surface area contributed by atoms with E-state index in [1.165, 1.54) is 116 Å². The van der Waals surface area contributed by atoms with Gasteiger partial charge >= 0.3 is 0 Å². The van der Waals surface area contributed by atoms with E-state index in [0.717, 1.165) is 5.69 Å². The summed E-state index contributed by atoms with van der Waals surface area (Å²) in [5.41, 5.74) is 22.3. The predicted octanol–water partition coefficient (Wildman–Crippen LogP) is 16.8. The molecule has 1 heteroatoms. The van der Waals surface area contributed by atoms with Gasteiger partial charge < -0.3 is 4.57 Å². The molecule has 2 aliphatic rings. The molecule has 1 nitrogen and oxygen atoms in total. The van der Waals surface area contributed by atoms with Crippen molar-refractivity contribution in [3.05, 3.63) is 294 Å². The van der Waals surface area contributed by atoms with E-state index in [-0.39, 0.29) is 5.92 Å². The molecule has 0 N–H and O–H groups in total. The highest BCUT2D eigenvalue weighted by Gasteiger charge is 2.48. The Bertz CT molecular complexity index is 3850. The summed E-state index contributed by atoms with van der Waals surface area (Å²) in [7, 11) is 0. The lowest BCUT2D eigenvalue weighted by atomic mass is 9.67. The molecular formula is C66H43N. The van der Waals surface area contributed by atoms with Gasteiger partial charge in [0, 0.05) is 22.4 Å². The fraction of sp³-hybridized carbons (Fsp3) is 0.0303. The van der Waals surface area contributed by atoms with Gasteiger partial charge in [-0.3, -0.25) is 0 Å². The van der Waals surface area contributed by atoms with E-state index >= 15 is 0 Å². The topological polar surface area (TPSA) is 4.93 Å². The molecule has 0 radical (unpaired) electrons. The molecule has 0 spiro atoms. The average molecular weight is 850 g/mol. The van der Waals surface area contributed by atoms with E-state index < -0.39 is 5.41 Å². The molecule has 1 atom stereocenters. The summed E-state index contributed by atoms with van der Waals surface area (Å²) in [4.78, 5) is 0. The van der Waals surface area contributed by atoms with Gasteiger partial charge in [0.25, 0.3) is 0 Å². The van der Waals surface area contributed by atoms with Crippen LogP contribution in [0.2, 0.25) is 0 Å². The number of fused-ring (bicyclic) bond motifs is 11. The first-order chi connectivity index (χ1) is 33.3. The molecule has 14 rings (SSSR count). The Labute approximate surface area is 390 Å². The van der Waals surface area contributed by atoms with Crippen LogP contribution in [0.15, 0.2) is 255 Å². The van der Waals surface area contributed by atoms with Crippen LogP contribution in [0.4, 0.5) is 0 Å². The molecule has 12 aromatic rings. The molecule has 2 aliphatic carbocycles. The van der Waals surface area contributed by atoms with Crippen molar-refractivity contribution in [2.45, 2.75) is 11.3 Å². The normalized spacial score (nSPS) is 14.2. The van der Waals surface area contributed by atoms with E-state index in [1.807, 2.05) is 0 Å². The zero-order valence-electron chi connectivity index (χ0n) is 36.8. The summed E-state index contributed by atoms with van der Waals surface area (Å²) >= 11 is 0. The van der Waals surface area contributed by atoms with E-state index in [1.54, 1.807) is 0 Å². The Morgan fingerprint density at radius 2 is 0.896 bits per heavy atom. The van der Waals surface area contributed by atoms with E-state index in [9.17, 15) is 0 Å². The summed E-state index contributed by atoms with van der Waals surface area (Å²) < 4.78 is 2.50. The molecule has 0 fully saturated rings. The minimum Gasteiger partial charge on any atom is -0.309 e. The molecule has 312 valence electrons. The molecule has 0 amide bonds. The molecule has 1 unspecified atom stereocenters. The molecule has 11 aromatic carbocycles. The zero-order valence-corrected chi connectivity index (χ0v) is 36.8. The summed E-state index contributed by atoms with van der Waals surface area (Å²) in [6.45, 7) is 0. The van der Waals surface area contributed by atoms with E-state index in [4.69, 9.17) is 0 Å². The van der Waals surface area contributed by atoms with Crippen molar-refractivity contribution < 1.29 is 0 Å². The first-order valence-electron chi connectivity index (χ1n) is 23.5. The maximum Gasteiger partial charge on any atom is 0.0720 e. The SMILES string of the molecule is c1ccc(-c2ccc(-n3c4ccc(-c5ccc6c(c5)-c5ccccc5C6c5cccc6ccccc56)cc4c4c5c(ccc43)-c3ccccc3C5(c3ccccc3)c3ccccc3)cc2)cc1. The highest BCUT2D eigenvalue weighted by Crippen LogP contribution is 2.59. The van der Waals surface area contributed by atoms with Crippen LogP contribution in [0.1, 0.15) is 44.9 Å². The van der Waals surface area contributed by atoms with Crippen molar-refractivity contribution in [2.24, 2.45) is 0 Å². The first-order valence-corrected chi connectivity index (χ1v) is 23.5. The van der Waals surface area contributed by atoms with Crippen molar-refractivity contribution >= 4 is 32.6 Å². The van der Waals surface area contributed by atoms with E-state index in [0.29, 0.717) is 0 Å². The molecular weight excluding hydrogens is 807 g/mol. The van der Waals surface area contributed by atoms with Crippen molar-refractivity contribution in [3.8, 4) is 50.2 Å². The predicted molar refractivity (Wildman–Crippen MR) is 279 cm³/mol. The zero-order chi connectivity index (χ0) is 44.1. The van der Waals surface area contributed by atoms with Crippen LogP contribution in [0.3, 0.4) is 0 Å². The summed E-state index contributed by atoms with van der Waals surface area (Å²) in [6, 6.07) is 95.2. The third-order valence-corrected chi connectivity index (χ3v) is 15.0. The lowest BCUT2D eigenvalue weighted by molar-refractivity contribution is 0.776. The van der Waals surface area contributed by atoms with Crippen LogP contribution < -0.4 is 0 Å². The highest BCUT2D eigenvalue weighted by atomic mass is 15.0. The first kappa shape index (κ1) is 37.8. The van der Waals surface area contributed by atoms with Crippen LogP contribution in [-0.2, 0) is 5.41 Å². The van der Waals surface area contributed by atoms with Crippen LogP contribution in [0, 0.1) is 0 Å². The lowest BCUT2D eigenvalue weighted by Crippen LogP contribution is -2.28. The Balaban J connectivity index is 1.04. The van der Waals surface area contributed by atoms with Gasteiger partial charge in [0.1, 0.15) is 0 Å². The van der Waals surface area contributed by atoms with Crippen LogP contribution in [0.5, 0.6) is 0 Å². The van der Waals surface area contributed by atoms with Gasteiger partial charge in [-0.05, 0) is 131 Å². The van der Waals surface area contributed by atoms with Crippen molar-refractivity contribution in [3.63, 3.8) is 0 Å². The van der Waals surface area contributed by atoms with Crippen molar-refractivity contribution in [1.82, 2.24) is 4.57 Å². The number of benzene rings is 11. The second kappa shape index (κ2) is 14.8. The van der Waals surface area contributed by atoms with Gasteiger partial charge in [-0.1, -0.05) is 218 Å². The average Bonchev–Trinajstić information content (AvgIpc) is 4.03. The minimum absolute atomic E-state index is 0.161. The summed E-state index contributed by atoms with van der Waals surface area (Å²) in [5.74, 6) is 0.161. The second-order valence-corrected chi connectivity index (χ2v) is 18.3. The number of hydrogen-bond donors (Lipinski definition) is 0. The Morgan fingerprint density at radius 3 is 1.69 bits per heavy atom. The monoisotopic (exact) mass is 849 g/mol. The molecule has 1 heterocycles. The quantitative estimate of drug-likeness (QED) is 0.157. The third-order valence-electron chi connectivity index (χ3n) is 15.0. The lowest BCUT2D eigenvalue weighted by Gasteiger charge is -2.34. The molecule has 0 saturated carbocycles. The van der Waals surface area contributed by atoms with E-state index in [2.05, 4.69) is 259 Å². The van der Waals surface area contributed by atoms with Crippen LogP contribution in [0.25, 0.3) is 82.8 Å². The third kappa shape index (κ3) is 5.49. The molecule has 0 aliphatic heterocycles. The van der Waals surface area contributed by atoms with Gasteiger partial charge in [0.2, 0.25) is 0 Å². The number of rotatable bonds is 6. The number of hydrogen-bond acceptors (Lipinski definition) is 0. The molecule has 0 bridgehead atoms. The van der Waals surface area contributed by atoms with Gasteiger partial charge in [0.05, 0.1) is 16.4 Å². The van der Waals surface area contributed by atoms with Crippen LogP contribution in [-0.4, -0.2) is 4.57 Å². The van der Waals surface area contributed by atoms with Crippen LogP contribution >= 0.6 is 0 Å². The standard InChI is InChI=1S/C66H43N/c1-4-17-43(18-5-1)44-31-35-50(36-32-44)67-61-39-34-47(46-33-37-56-58(41-46)52-26-12-13-28-55(52)63(56)54-29-16-20-45-19-10-11-25-51(45)54)42-59(61)64-62(67)40-38-57-53-27-14-15-30-60(53)66(65(57)64,48-21-6-2-7-22-48)49-23-8-3-9-24-49/h1-42,63H. The van der Waals surface area contributed by atoms with Gasteiger partial charge in [-0.15, -0.1) is 0 Å². The number of nitrogens with zero attached hydrogens (tertiary/aromatic N) is 1. The number of aromatic nitrogens is 1. The largest absolute Gasteiger partial charge is 0.309 e. The minimum atomic E-state index is -0.561. The Kier molecular flexibility index (Phi) is 8.33. The van der Waals surface area contributed by atoms with Crippen molar-refractivity contribution in [2.75, 3.05) is 0 Å². The van der Waals surface area contributed by atoms with Gasteiger partial charge in [-0.2, -0.15) is 0 Å². The Hall–Kier alpha value is -8.52.